The van der Waals surface area contributed by atoms with Crippen molar-refractivity contribution in [2.24, 2.45) is 0 Å². The Labute approximate surface area is 139 Å². The Balaban J connectivity index is 2.20. The number of nitrogens with zero attached hydrogens (tertiary/aromatic N) is 1. The molecule has 2 rings (SSSR count). The van der Waals surface area contributed by atoms with Gasteiger partial charge in [-0.1, -0.05) is 6.92 Å². The molecule has 1 atom stereocenters. The molecule has 1 aromatic carbocycles. The minimum Gasteiger partial charge on any atom is -0.481 e. The molecule has 0 saturated carbocycles. The normalized spacial score (nSPS) is 16.3. The van der Waals surface area contributed by atoms with Crippen LogP contribution < -0.4 is 15.0 Å². The summed E-state index contributed by atoms with van der Waals surface area (Å²) < 4.78 is 5.65. The first-order valence-electron chi connectivity index (χ1n) is 7.70. The number of β-amino-alcohol motifs (C(OH)–C–C–N with tert-alkyl or cyclic N) is 1. The Morgan fingerprint density at radius 3 is 2.71 bits per heavy atom. The van der Waals surface area contributed by atoms with Crippen molar-refractivity contribution < 1.29 is 29.3 Å². The molecular weight excluding hydrogens is 316 g/mol. The number of benzene rings is 1. The van der Waals surface area contributed by atoms with Crippen LogP contribution in [-0.4, -0.2) is 47.3 Å². The summed E-state index contributed by atoms with van der Waals surface area (Å²) in [6.07, 6.45) is -0.485. The number of nitrogens with one attached hydrogen (secondary N) is 1. The van der Waals surface area contributed by atoms with Crippen LogP contribution in [0.4, 0.5) is 11.4 Å². The van der Waals surface area contributed by atoms with E-state index in [1.807, 2.05) is 6.92 Å². The van der Waals surface area contributed by atoms with Crippen LogP contribution in [0.25, 0.3) is 0 Å². The quantitative estimate of drug-likeness (QED) is 0.684. The first-order chi connectivity index (χ1) is 11.5. The number of carbonyl (C=O) groups excluding carboxylic acids is 2. The summed E-state index contributed by atoms with van der Waals surface area (Å²) in [5.74, 6) is -1.22. The molecule has 1 heterocycles. The van der Waals surface area contributed by atoms with Crippen LogP contribution in [0.3, 0.4) is 0 Å². The summed E-state index contributed by atoms with van der Waals surface area (Å²) in [5, 5.41) is 20.4. The van der Waals surface area contributed by atoms with Crippen molar-refractivity contribution in [1.82, 2.24) is 0 Å². The molecule has 1 aliphatic rings. The molecule has 1 aliphatic heterocycles. The second-order valence-corrected chi connectivity index (χ2v) is 5.35. The maximum absolute atomic E-state index is 12.4. The summed E-state index contributed by atoms with van der Waals surface area (Å²) >= 11 is 0. The van der Waals surface area contributed by atoms with E-state index < -0.39 is 18.0 Å². The molecule has 0 spiro atoms. The molecule has 3 N–H and O–H groups in total. The highest BCUT2D eigenvalue weighted by Crippen LogP contribution is 2.36. The zero-order valence-electron chi connectivity index (χ0n) is 13.3. The van der Waals surface area contributed by atoms with Gasteiger partial charge in [0.2, 0.25) is 5.91 Å². The molecule has 0 radical (unpaired) electrons. The van der Waals surface area contributed by atoms with Crippen molar-refractivity contribution in [3.8, 4) is 5.75 Å². The van der Waals surface area contributed by atoms with Crippen molar-refractivity contribution in [3.63, 3.8) is 0 Å². The van der Waals surface area contributed by atoms with Crippen LogP contribution in [0.1, 0.15) is 26.2 Å². The summed E-state index contributed by atoms with van der Waals surface area (Å²) in [4.78, 5) is 36.0. The van der Waals surface area contributed by atoms with Gasteiger partial charge in [-0.3, -0.25) is 14.4 Å². The number of aliphatic carboxylic acids is 1. The number of aliphatic hydroxyl groups is 1. The van der Waals surface area contributed by atoms with Crippen LogP contribution in [-0.2, 0) is 14.4 Å². The van der Waals surface area contributed by atoms with E-state index in [0.29, 0.717) is 23.5 Å². The summed E-state index contributed by atoms with van der Waals surface area (Å²) in [7, 11) is 0. The maximum atomic E-state index is 12.4. The van der Waals surface area contributed by atoms with Crippen LogP contribution in [0.2, 0.25) is 0 Å². The Morgan fingerprint density at radius 2 is 2.08 bits per heavy atom. The summed E-state index contributed by atoms with van der Waals surface area (Å²) in [5.41, 5.74) is 0.896. The molecule has 0 bridgehead atoms. The van der Waals surface area contributed by atoms with Crippen LogP contribution in [0.15, 0.2) is 18.2 Å². The number of carboxylic acid groups (broad SMARTS) is 1. The lowest BCUT2D eigenvalue weighted by Crippen LogP contribution is -2.46. The first-order valence-corrected chi connectivity index (χ1v) is 7.70. The van der Waals surface area contributed by atoms with E-state index in [-0.39, 0.29) is 31.9 Å². The van der Waals surface area contributed by atoms with E-state index >= 15 is 0 Å². The molecule has 130 valence electrons. The molecule has 0 fully saturated rings. The van der Waals surface area contributed by atoms with Crippen molar-refractivity contribution in [2.45, 2.75) is 32.3 Å². The van der Waals surface area contributed by atoms with E-state index in [1.54, 1.807) is 18.2 Å². The van der Waals surface area contributed by atoms with Gasteiger partial charge in [0, 0.05) is 18.7 Å². The Morgan fingerprint density at radius 1 is 1.33 bits per heavy atom. The van der Waals surface area contributed by atoms with E-state index in [9.17, 15) is 19.5 Å². The van der Waals surface area contributed by atoms with E-state index in [2.05, 4.69) is 5.32 Å². The van der Waals surface area contributed by atoms with Crippen molar-refractivity contribution in [2.75, 3.05) is 23.4 Å². The highest BCUT2D eigenvalue weighted by atomic mass is 16.5. The molecule has 1 unspecified atom stereocenters. The van der Waals surface area contributed by atoms with Gasteiger partial charge >= 0.3 is 5.97 Å². The average Bonchev–Trinajstić information content (AvgIpc) is 2.55. The predicted molar refractivity (Wildman–Crippen MR) is 86.1 cm³/mol. The number of carbonyl (C=O) groups is 3. The summed E-state index contributed by atoms with van der Waals surface area (Å²) in [6, 6.07) is 4.84. The number of aliphatic hydroxyl groups excluding tert-OH is 1. The fraction of sp³-hybridized carbons (Fsp3) is 0.438. The molecule has 24 heavy (non-hydrogen) atoms. The maximum Gasteiger partial charge on any atom is 0.303 e. The smallest absolute Gasteiger partial charge is 0.303 e. The van der Waals surface area contributed by atoms with Gasteiger partial charge in [0.25, 0.3) is 5.91 Å². The van der Waals surface area contributed by atoms with E-state index in [1.165, 1.54) is 4.90 Å². The molecule has 8 nitrogen and oxygen atoms in total. The summed E-state index contributed by atoms with van der Waals surface area (Å²) in [6.45, 7) is 1.76. The van der Waals surface area contributed by atoms with Crippen LogP contribution in [0, 0.1) is 0 Å². The van der Waals surface area contributed by atoms with Crippen LogP contribution in [0.5, 0.6) is 5.75 Å². The largest absolute Gasteiger partial charge is 0.481 e. The highest BCUT2D eigenvalue weighted by molar-refractivity contribution is 6.01. The second kappa shape index (κ2) is 7.78. The second-order valence-electron chi connectivity index (χ2n) is 5.35. The van der Waals surface area contributed by atoms with Gasteiger partial charge in [0.1, 0.15) is 5.75 Å². The molecule has 1 aromatic rings. The molecule has 0 aromatic heterocycles. The van der Waals surface area contributed by atoms with Gasteiger partial charge in [-0.2, -0.15) is 0 Å². The topological polar surface area (TPSA) is 116 Å². The van der Waals surface area contributed by atoms with Crippen molar-refractivity contribution in [3.05, 3.63) is 18.2 Å². The standard InChI is InChI=1S/C16H20N2O6/c1-2-12-16(23)18(7-8-19)11-9-10(3-4-13(11)24-12)17-14(20)5-6-15(21)22/h3-4,9,12,19H,2,5-8H2,1H3,(H,17,20)(H,21,22). The number of anilines is 2. The zero-order valence-corrected chi connectivity index (χ0v) is 13.3. The van der Waals surface area contributed by atoms with Crippen molar-refractivity contribution in [1.29, 1.82) is 0 Å². The Bertz CT molecular complexity index is 645. The number of fused-ring (bicyclic) bond motifs is 1. The predicted octanol–water partition coefficient (Wildman–Crippen LogP) is 0.986. The minimum atomic E-state index is -1.05. The van der Waals surface area contributed by atoms with Gasteiger partial charge in [0.15, 0.2) is 6.10 Å². The highest BCUT2D eigenvalue weighted by Gasteiger charge is 2.33. The first kappa shape index (κ1) is 17.7. The van der Waals surface area contributed by atoms with Crippen LogP contribution >= 0.6 is 0 Å². The number of rotatable bonds is 7. The Kier molecular flexibility index (Phi) is 5.75. The SMILES string of the molecule is CCC1Oc2ccc(NC(=O)CCC(=O)O)cc2N(CCO)C1=O. The lowest BCUT2D eigenvalue weighted by molar-refractivity contribution is -0.138. The minimum absolute atomic E-state index is 0.127. The molecule has 2 amide bonds. The van der Waals surface area contributed by atoms with Gasteiger partial charge in [-0.15, -0.1) is 0 Å². The van der Waals surface area contributed by atoms with E-state index in [0.717, 1.165) is 0 Å². The molecule has 0 saturated heterocycles. The number of carboxylic acids is 1. The third kappa shape index (κ3) is 4.02. The zero-order chi connectivity index (χ0) is 17.7. The number of ether oxygens (including phenoxy) is 1. The number of hydrogen-bond donors (Lipinski definition) is 3. The lowest BCUT2D eigenvalue weighted by atomic mass is 10.1. The average molecular weight is 336 g/mol. The third-order valence-electron chi connectivity index (χ3n) is 3.60. The Hall–Kier alpha value is -2.61. The molecule has 0 aliphatic carbocycles. The fourth-order valence-corrected chi connectivity index (χ4v) is 2.43. The van der Waals surface area contributed by atoms with Gasteiger partial charge in [0.05, 0.1) is 18.7 Å². The van der Waals surface area contributed by atoms with E-state index in [4.69, 9.17) is 9.84 Å². The third-order valence-corrected chi connectivity index (χ3v) is 3.60. The fourth-order valence-electron chi connectivity index (χ4n) is 2.43. The van der Waals surface area contributed by atoms with Gasteiger partial charge in [-0.25, -0.2) is 0 Å². The van der Waals surface area contributed by atoms with Gasteiger partial charge in [-0.05, 0) is 24.6 Å². The monoisotopic (exact) mass is 336 g/mol. The number of amides is 2. The molecular formula is C16H20N2O6. The molecule has 8 heteroatoms. The van der Waals surface area contributed by atoms with Crippen molar-refractivity contribution >= 4 is 29.2 Å². The van der Waals surface area contributed by atoms with Gasteiger partial charge < -0.3 is 25.2 Å². The lowest BCUT2D eigenvalue weighted by Gasteiger charge is -2.34. The number of hydrogen-bond acceptors (Lipinski definition) is 5.